The highest BCUT2D eigenvalue weighted by Gasteiger charge is 2.13. The Morgan fingerprint density at radius 1 is 1.06 bits per heavy atom. The molecule has 174 valence electrons. The van der Waals surface area contributed by atoms with Crippen LogP contribution in [0.1, 0.15) is 24.0 Å². The van der Waals surface area contributed by atoms with Crippen LogP contribution in [0.4, 0.5) is 0 Å². The number of esters is 1. The van der Waals surface area contributed by atoms with E-state index in [1.165, 1.54) is 20.3 Å². The van der Waals surface area contributed by atoms with Gasteiger partial charge < -0.3 is 24.3 Å². The van der Waals surface area contributed by atoms with Gasteiger partial charge in [0.05, 0.1) is 20.3 Å². The van der Waals surface area contributed by atoms with Crippen LogP contribution in [0.2, 0.25) is 0 Å². The van der Waals surface area contributed by atoms with E-state index in [2.05, 4.69) is 5.32 Å². The number of carbonyl (C=O) groups excluding carboxylic acids is 2. The highest BCUT2D eigenvalue weighted by atomic mass is 16.6. The van der Waals surface area contributed by atoms with Crippen molar-refractivity contribution in [2.45, 2.75) is 19.8 Å². The van der Waals surface area contributed by atoms with E-state index in [-0.39, 0.29) is 17.7 Å². The minimum Gasteiger partial charge on any atom is -0.494 e. The van der Waals surface area contributed by atoms with Gasteiger partial charge in [0.15, 0.2) is 11.5 Å². The third-order valence-corrected chi connectivity index (χ3v) is 4.49. The minimum absolute atomic E-state index is 0.0634. The number of methoxy groups -OCH3 is 2. The Morgan fingerprint density at radius 2 is 1.82 bits per heavy atom. The molecule has 8 nitrogen and oxygen atoms in total. The van der Waals surface area contributed by atoms with Gasteiger partial charge in [-0.3, -0.25) is 9.59 Å². The molecular weight excluding hydrogens is 424 g/mol. The maximum atomic E-state index is 12.2. The van der Waals surface area contributed by atoms with E-state index < -0.39 is 11.9 Å². The van der Waals surface area contributed by atoms with Gasteiger partial charge in [-0.25, -0.2) is 0 Å². The van der Waals surface area contributed by atoms with E-state index in [0.29, 0.717) is 37.5 Å². The molecule has 33 heavy (non-hydrogen) atoms. The summed E-state index contributed by atoms with van der Waals surface area (Å²) >= 11 is 0. The van der Waals surface area contributed by atoms with Crippen LogP contribution in [0.3, 0.4) is 0 Å². The second-order valence-corrected chi connectivity index (χ2v) is 7.07. The molecule has 1 amide bonds. The molecular formula is C25H28N2O6. The molecule has 0 saturated heterocycles. The van der Waals surface area contributed by atoms with E-state index in [1.54, 1.807) is 18.2 Å². The maximum Gasteiger partial charge on any atom is 0.311 e. The molecule has 0 spiro atoms. The van der Waals surface area contributed by atoms with Crippen LogP contribution in [0.25, 0.3) is 6.08 Å². The number of hydrogen-bond acceptors (Lipinski definition) is 7. The standard InChI is InChI=1S/C25H28N2O6/c1-18-6-9-21(10-7-18)32-13-4-5-24(28)33-22-11-8-19(16-23(22)31-3)15-20(17-26)25(29)27-12-14-30-2/h6-11,15-16H,4-5,12-14H2,1-3H3,(H,27,29)/b20-15+. The summed E-state index contributed by atoms with van der Waals surface area (Å²) in [6.45, 7) is 3.03. The molecule has 2 aromatic rings. The summed E-state index contributed by atoms with van der Waals surface area (Å²) in [6, 6.07) is 14.3. The Balaban J connectivity index is 1.92. The van der Waals surface area contributed by atoms with Crippen molar-refractivity contribution in [2.24, 2.45) is 0 Å². The molecule has 8 heteroatoms. The topological polar surface area (TPSA) is 107 Å². The molecule has 0 heterocycles. The fourth-order valence-electron chi connectivity index (χ4n) is 2.75. The molecule has 0 fully saturated rings. The molecule has 0 aliphatic rings. The summed E-state index contributed by atoms with van der Waals surface area (Å²) in [5, 5.41) is 11.9. The lowest BCUT2D eigenvalue weighted by molar-refractivity contribution is -0.134. The summed E-state index contributed by atoms with van der Waals surface area (Å²) < 4.78 is 21.2. The van der Waals surface area contributed by atoms with Crippen LogP contribution < -0.4 is 19.5 Å². The fraction of sp³-hybridized carbons (Fsp3) is 0.320. The van der Waals surface area contributed by atoms with Gasteiger partial charge in [-0.2, -0.15) is 5.26 Å². The van der Waals surface area contributed by atoms with E-state index in [1.807, 2.05) is 37.3 Å². The van der Waals surface area contributed by atoms with Gasteiger partial charge in [-0.05, 0) is 49.2 Å². The normalized spacial score (nSPS) is 10.8. The molecule has 0 aromatic heterocycles. The van der Waals surface area contributed by atoms with Gasteiger partial charge in [0.25, 0.3) is 5.91 Å². The van der Waals surface area contributed by atoms with E-state index in [4.69, 9.17) is 18.9 Å². The smallest absolute Gasteiger partial charge is 0.311 e. The Kier molecular flexibility index (Phi) is 10.4. The van der Waals surface area contributed by atoms with Crippen LogP contribution >= 0.6 is 0 Å². The van der Waals surface area contributed by atoms with Crippen LogP contribution in [-0.4, -0.2) is 45.9 Å². The number of nitriles is 1. The summed E-state index contributed by atoms with van der Waals surface area (Å²) in [4.78, 5) is 24.3. The van der Waals surface area contributed by atoms with Crippen LogP contribution in [0.5, 0.6) is 17.2 Å². The van der Waals surface area contributed by atoms with Crippen molar-refractivity contribution in [2.75, 3.05) is 34.0 Å². The molecule has 0 radical (unpaired) electrons. The molecule has 0 atom stereocenters. The van der Waals surface area contributed by atoms with Gasteiger partial charge in [-0.1, -0.05) is 23.8 Å². The van der Waals surface area contributed by atoms with Gasteiger partial charge >= 0.3 is 5.97 Å². The molecule has 2 rings (SSSR count). The zero-order valence-corrected chi connectivity index (χ0v) is 19.1. The first kappa shape index (κ1) is 25.4. The summed E-state index contributed by atoms with van der Waals surface area (Å²) in [7, 11) is 2.96. The largest absolute Gasteiger partial charge is 0.494 e. The van der Waals surface area contributed by atoms with Crippen molar-refractivity contribution >= 4 is 18.0 Å². The quantitative estimate of drug-likeness (QED) is 0.173. The van der Waals surface area contributed by atoms with E-state index >= 15 is 0 Å². The van der Waals surface area contributed by atoms with Crippen LogP contribution in [0.15, 0.2) is 48.0 Å². The van der Waals surface area contributed by atoms with Crippen molar-refractivity contribution in [1.82, 2.24) is 5.32 Å². The average Bonchev–Trinajstić information content (AvgIpc) is 2.82. The highest BCUT2D eigenvalue weighted by Crippen LogP contribution is 2.29. The molecule has 0 aliphatic heterocycles. The predicted molar refractivity (Wildman–Crippen MR) is 123 cm³/mol. The summed E-state index contributed by atoms with van der Waals surface area (Å²) in [5.41, 5.74) is 1.64. The number of hydrogen-bond donors (Lipinski definition) is 1. The lowest BCUT2D eigenvalue weighted by Crippen LogP contribution is -2.27. The monoisotopic (exact) mass is 452 g/mol. The predicted octanol–water partition coefficient (Wildman–Crippen LogP) is 3.44. The third kappa shape index (κ3) is 8.67. The van der Waals surface area contributed by atoms with Crippen LogP contribution in [-0.2, 0) is 14.3 Å². The first-order valence-corrected chi connectivity index (χ1v) is 10.4. The first-order valence-electron chi connectivity index (χ1n) is 10.4. The first-order chi connectivity index (χ1) is 16.0. The van der Waals surface area contributed by atoms with Crippen molar-refractivity contribution in [3.05, 3.63) is 59.2 Å². The Morgan fingerprint density at radius 3 is 2.48 bits per heavy atom. The lowest BCUT2D eigenvalue weighted by atomic mass is 10.1. The number of benzene rings is 2. The molecule has 0 unspecified atom stereocenters. The maximum absolute atomic E-state index is 12.2. The number of aryl methyl sites for hydroxylation is 1. The number of nitrogens with zero attached hydrogens (tertiary/aromatic N) is 1. The third-order valence-electron chi connectivity index (χ3n) is 4.49. The van der Waals surface area contributed by atoms with Gasteiger partial charge in [0, 0.05) is 20.1 Å². The minimum atomic E-state index is -0.503. The second kappa shape index (κ2) is 13.6. The molecule has 1 N–H and O–H groups in total. The Hall–Kier alpha value is -3.83. The highest BCUT2D eigenvalue weighted by molar-refractivity contribution is 6.01. The number of amides is 1. The van der Waals surface area contributed by atoms with Crippen molar-refractivity contribution < 1.29 is 28.5 Å². The van der Waals surface area contributed by atoms with Gasteiger partial charge in [0.1, 0.15) is 17.4 Å². The van der Waals surface area contributed by atoms with Crippen LogP contribution in [0, 0.1) is 18.3 Å². The van der Waals surface area contributed by atoms with Crippen molar-refractivity contribution in [1.29, 1.82) is 5.26 Å². The number of nitrogens with one attached hydrogen (secondary N) is 1. The van der Waals surface area contributed by atoms with Gasteiger partial charge in [0.2, 0.25) is 0 Å². The second-order valence-electron chi connectivity index (χ2n) is 7.07. The van der Waals surface area contributed by atoms with Gasteiger partial charge in [-0.15, -0.1) is 0 Å². The van der Waals surface area contributed by atoms with E-state index in [0.717, 1.165) is 11.3 Å². The average molecular weight is 453 g/mol. The Labute approximate surface area is 193 Å². The summed E-state index contributed by atoms with van der Waals surface area (Å²) in [5.74, 6) is 0.395. The zero-order chi connectivity index (χ0) is 24.1. The molecule has 2 aromatic carbocycles. The number of rotatable bonds is 12. The zero-order valence-electron chi connectivity index (χ0n) is 19.1. The van der Waals surface area contributed by atoms with E-state index in [9.17, 15) is 14.9 Å². The molecule has 0 aliphatic carbocycles. The number of ether oxygens (including phenoxy) is 4. The lowest BCUT2D eigenvalue weighted by Gasteiger charge is -2.11. The number of carbonyl (C=O) groups is 2. The molecule has 0 bridgehead atoms. The van der Waals surface area contributed by atoms with Crippen molar-refractivity contribution in [3.63, 3.8) is 0 Å². The SMILES string of the molecule is COCCNC(=O)/C(C#N)=C/c1ccc(OC(=O)CCCOc2ccc(C)cc2)c(OC)c1. The van der Waals surface area contributed by atoms with Crippen molar-refractivity contribution in [3.8, 4) is 23.3 Å². The molecule has 0 saturated carbocycles. The summed E-state index contributed by atoms with van der Waals surface area (Å²) in [6.07, 6.45) is 2.11. The fourth-order valence-corrected chi connectivity index (χ4v) is 2.75. The Bertz CT molecular complexity index is 1010.